The molecule has 1 heterocycles. The van der Waals surface area contributed by atoms with Crippen LogP contribution in [0.15, 0.2) is 18.2 Å². The average Bonchev–Trinajstić information content (AvgIpc) is 3.22. The SMILES string of the molecule is Cc1cc(C)cc(N2CCN(C(=O)NC3CC3)CC2)c1. The van der Waals surface area contributed by atoms with Gasteiger partial charge in [0.1, 0.15) is 0 Å². The molecule has 0 atom stereocenters. The van der Waals surface area contributed by atoms with E-state index in [1.165, 1.54) is 16.8 Å². The van der Waals surface area contributed by atoms with Crippen molar-refractivity contribution in [1.29, 1.82) is 0 Å². The van der Waals surface area contributed by atoms with E-state index in [9.17, 15) is 4.79 Å². The van der Waals surface area contributed by atoms with E-state index in [2.05, 4.69) is 42.3 Å². The van der Waals surface area contributed by atoms with Crippen LogP contribution < -0.4 is 10.2 Å². The highest BCUT2D eigenvalue weighted by Gasteiger charge is 2.27. The molecule has 4 nitrogen and oxygen atoms in total. The molecule has 1 aromatic rings. The zero-order valence-electron chi connectivity index (χ0n) is 12.4. The number of benzene rings is 1. The van der Waals surface area contributed by atoms with Crippen LogP contribution in [0.25, 0.3) is 0 Å². The maximum atomic E-state index is 12.0. The number of carbonyl (C=O) groups excluding carboxylic acids is 1. The van der Waals surface area contributed by atoms with Gasteiger partial charge < -0.3 is 15.1 Å². The molecule has 1 saturated heterocycles. The smallest absolute Gasteiger partial charge is 0.317 e. The van der Waals surface area contributed by atoms with E-state index in [0.717, 1.165) is 39.0 Å². The van der Waals surface area contributed by atoms with Gasteiger partial charge in [-0.05, 0) is 49.9 Å². The average molecular weight is 273 g/mol. The molecule has 0 bridgehead atoms. The molecular formula is C16H23N3O. The molecule has 1 saturated carbocycles. The summed E-state index contributed by atoms with van der Waals surface area (Å²) in [6.07, 6.45) is 2.29. The Morgan fingerprint density at radius 1 is 1.05 bits per heavy atom. The van der Waals surface area contributed by atoms with Gasteiger partial charge in [-0.3, -0.25) is 0 Å². The molecule has 0 spiro atoms. The van der Waals surface area contributed by atoms with Crippen molar-refractivity contribution in [3.05, 3.63) is 29.3 Å². The van der Waals surface area contributed by atoms with E-state index >= 15 is 0 Å². The van der Waals surface area contributed by atoms with Crippen molar-refractivity contribution in [3.8, 4) is 0 Å². The Balaban J connectivity index is 1.58. The summed E-state index contributed by atoms with van der Waals surface area (Å²) in [4.78, 5) is 16.3. The van der Waals surface area contributed by atoms with Gasteiger partial charge >= 0.3 is 6.03 Å². The van der Waals surface area contributed by atoms with Gasteiger partial charge in [0.15, 0.2) is 0 Å². The first-order chi connectivity index (χ1) is 9.61. The Labute approximate surface area is 120 Å². The van der Waals surface area contributed by atoms with Gasteiger partial charge in [0, 0.05) is 37.9 Å². The summed E-state index contributed by atoms with van der Waals surface area (Å²) >= 11 is 0. The zero-order valence-corrected chi connectivity index (χ0v) is 12.4. The number of hydrogen-bond acceptors (Lipinski definition) is 2. The minimum absolute atomic E-state index is 0.118. The molecule has 1 aliphatic heterocycles. The van der Waals surface area contributed by atoms with E-state index in [-0.39, 0.29) is 6.03 Å². The fourth-order valence-corrected chi connectivity index (χ4v) is 2.79. The van der Waals surface area contributed by atoms with Crippen molar-refractivity contribution in [1.82, 2.24) is 10.2 Å². The second-order valence-corrected chi connectivity index (χ2v) is 6.04. The Bertz CT molecular complexity index is 482. The summed E-state index contributed by atoms with van der Waals surface area (Å²) in [6, 6.07) is 7.22. The Hall–Kier alpha value is -1.71. The Morgan fingerprint density at radius 2 is 1.65 bits per heavy atom. The van der Waals surface area contributed by atoms with Gasteiger partial charge in [-0.25, -0.2) is 4.79 Å². The fraction of sp³-hybridized carbons (Fsp3) is 0.562. The molecule has 2 aliphatic rings. The van der Waals surface area contributed by atoms with Crippen LogP contribution in [0.1, 0.15) is 24.0 Å². The van der Waals surface area contributed by atoms with E-state index in [1.807, 2.05) is 4.90 Å². The molecule has 0 unspecified atom stereocenters. The minimum atomic E-state index is 0.118. The largest absolute Gasteiger partial charge is 0.368 e. The highest BCUT2D eigenvalue weighted by atomic mass is 16.2. The number of carbonyl (C=O) groups is 1. The molecule has 2 fully saturated rings. The van der Waals surface area contributed by atoms with Crippen LogP contribution in [0, 0.1) is 13.8 Å². The van der Waals surface area contributed by atoms with Crippen molar-refractivity contribution in [2.24, 2.45) is 0 Å². The topological polar surface area (TPSA) is 35.6 Å². The molecule has 0 aromatic heterocycles. The highest BCUT2D eigenvalue weighted by Crippen LogP contribution is 2.21. The molecule has 1 aliphatic carbocycles. The maximum Gasteiger partial charge on any atom is 0.317 e. The lowest BCUT2D eigenvalue weighted by Crippen LogP contribution is -2.52. The number of nitrogens with one attached hydrogen (secondary N) is 1. The lowest BCUT2D eigenvalue weighted by molar-refractivity contribution is 0.194. The Morgan fingerprint density at radius 3 is 2.20 bits per heavy atom. The van der Waals surface area contributed by atoms with Crippen molar-refractivity contribution in [3.63, 3.8) is 0 Å². The standard InChI is InChI=1S/C16H23N3O/c1-12-9-13(2)11-15(10-12)18-5-7-19(8-6-18)16(20)17-14-3-4-14/h9-11,14H,3-8H2,1-2H3,(H,17,20). The van der Waals surface area contributed by atoms with Gasteiger partial charge in [-0.15, -0.1) is 0 Å². The molecule has 108 valence electrons. The lowest BCUT2D eigenvalue weighted by atomic mass is 10.1. The van der Waals surface area contributed by atoms with E-state index < -0.39 is 0 Å². The van der Waals surface area contributed by atoms with Gasteiger partial charge in [-0.2, -0.15) is 0 Å². The van der Waals surface area contributed by atoms with Crippen molar-refractivity contribution in [2.75, 3.05) is 31.1 Å². The second-order valence-electron chi connectivity index (χ2n) is 6.04. The number of urea groups is 1. The van der Waals surface area contributed by atoms with E-state index in [4.69, 9.17) is 0 Å². The van der Waals surface area contributed by atoms with Crippen LogP contribution >= 0.6 is 0 Å². The van der Waals surface area contributed by atoms with Crippen LogP contribution in [0.3, 0.4) is 0 Å². The number of anilines is 1. The number of hydrogen-bond donors (Lipinski definition) is 1. The molecule has 20 heavy (non-hydrogen) atoms. The van der Waals surface area contributed by atoms with E-state index in [0.29, 0.717) is 6.04 Å². The van der Waals surface area contributed by atoms with Gasteiger partial charge in [0.2, 0.25) is 0 Å². The first-order valence-corrected chi connectivity index (χ1v) is 7.50. The summed E-state index contributed by atoms with van der Waals surface area (Å²) in [5, 5.41) is 3.06. The summed E-state index contributed by atoms with van der Waals surface area (Å²) in [6.45, 7) is 7.73. The van der Waals surface area contributed by atoms with Crippen LogP contribution in [0.2, 0.25) is 0 Å². The molecular weight excluding hydrogens is 250 g/mol. The molecule has 1 aromatic carbocycles. The third kappa shape index (κ3) is 3.06. The monoisotopic (exact) mass is 273 g/mol. The van der Waals surface area contributed by atoms with Crippen LogP contribution in [-0.2, 0) is 0 Å². The maximum absolute atomic E-state index is 12.0. The van der Waals surface area contributed by atoms with E-state index in [1.54, 1.807) is 0 Å². The third-order valence-electron chi connectivity index (χ3n) is 4.04. The molecule has 2 amide bonds. The van der Waals surface area contributed by atoms with Gasteiger partial charge in [-0.1, -0.05) is 6.07 Å². The van der Waals surface area contributed by atoms with Crippen molar-refractivity contribution >= 4 is 11.7 Å². The summed E-state index contributed by atoms with van der Waals surface area (Å²) in [5.41, 5.74) is 3.88. The van der Waals surface area contributed by atoms with Gasteiger partial charge in [0.25, 0.3) is 0 Å². The first-order valence-electron chi connectivity index (χ1n) is 7.50. The fourth-order valence-electron chi connectivity index (χ4n) is 2.79. The van der Waals surface area contributed by atoms with Crippen LogP contribution in [0.4, 0.5) is 10.5 Å². The minimum Gasteiger partial charge on any atom is -0.368 e. The highest BCUT2D eigenvalue weighted by molar-refractivity contribution is 5.75. The quantitative estimate of drug-likeness (QED) is 0.897. The first kappa shape index (κ1) is 13.3. The molecule has 4 heteroatoms. The second kappa shape index (κ2) is 5.35. The van der Waals surface area contributed by atoms with Crippen molar-refractivity contribution < 1.29 is 4.79 Å². The number of nitrogens with zero attached hydrogens (tertiary/aromatic N) is 2. The normalized spacial score (nSPS) is 19.1. The zero-order chi connectivity index (χ0) is 14.1. The molecule has 3 rings (SSSR count). The Kier molecular flexibility index (Phi) is 3.55. The third-order valence-corrected chi connectivity index (χ3v) is 4.04. The van der Waals surface area contributed by atoms with Gasteiger partial charge in [0.05, 0.1) is 0 Å². The number of amides is 2. The number of rotatable bonds is 2. The number of piperazine rings is 1. The van der Waals surface area contributed by atoms with Crippen LogP contribution in [-0.4, -0.2) is 43.2 Å². The predicted octanol–water partition coefficient (Wildman–Crippen LogP) is 2.30. The van der Waals surface area contributed by atoms with Crippen LogP contribution in [0.5, 0.6) is 0 Å². The summed E-state index contributed by atoms with van der Waals surface area (Å²) < 4.78 is 0. The summed E-state index contributed by atoms with van der Waals surface area (Å²) in [7, 11) is 0. The van der Waals surface area contributed by atoms with Crippen molar-refractivity contribution in [2.45, 2.75) is 32.7 Å². The molecule has 0 radical (unpaired) electrons. The summed E-state index contributed by atoms with van der Waals surface area (Å²) in [5.74, 6) is 0. The molecule has 1 N–H and O–H groups in total. The predicted molar refractivity (Wildman–Crippen MR) is 81.3 cm³/mol. The lowest BCUT2D eigenvalue weighted by Gasteiger charge is -2.36. The number of aryl methyl sites for hydroxylation is 2.